The average Bonchev–Trinajstić information content (AvgIpc) is 2.34. The van der Waals surface area contributed by atoms with Crippen LogP contribution in [0.25, 0.3) is 0 Å². The fourth-order valence-electron chi connectivity index (χ4n) is 1.48. The highest BCUT2D eigenvalue weighted by atomic mass is 35.5. The number of aliphatic hydroxyl groups excluding tert-OH is 1. The first-order valence-electron chi connectivity index (χ1n) is 6.15. The van der Waals surface area contributed by atoms with E-state index in [9.17, 15) is 9.90 Å². The van der Waals surface area contributed by atoms with Crippen molar-refractivity contribution in [1.82, 2.24) is 4.90 Å². The number of carbonyl (C=O) groups excluding carboxylic acids is 1. The number of likely N-dealkylation sites (N-methyl/N-ethyl adjacent to an activating group) is 1. The lowest BCUT2D eigenvalue weighted by atomic mass is 10.1. The van der Waals surface area contributed by atoms with E-state index in [1.165, 1.54) is 0 Å². The highest BCUT2D eigenvalue weighted by molar-refractivity contribution is 6.31. The summed E-state index contributed by atoms with van der Waals surface area (Å²) >= 11 is 6.00. The summed E-state index contributed by atoms with van der Waals surface area (Å²) in [5, 5.41) is 12.7. The standard InChI is InChI=1S/C14H21ClN2O2/c1-10-11(15)6-5-7-12(10)16-13(19)8-17(4)14(2,3)9-18/h5-7,18H,8-9H2,1-4H3,(H,16,19). The van der Waals surface area contributed by atoms with Crippen LogP contribution in [0.4, 0.5) is 5.69 Å². The molecule has 0 heterocycles. The molecule has 19 heavy (non-hydrogen) atoms. The van der Waals surface area contributed by atoms with Crippen LogP contribution in [0.1, 0.15) is 19.4 Å². The molecule has 2 N–H and O–H groups in total. The van der Waals surface area contributed by atoms with Crippen molar-refractivity contribution >= 4 is 23.2 Å². The van der Waals surface area contributed by atoms with E-state index in [0.29, 0.717) is 10.7 Å². The van der Waals surface area contributed by atoms with Crippen molar-refractivity contribution in [3.63, 3.8) is 0 Å². The monoisotopic (exact) mass is 284 g/mol. The summed E-state index contributed by atoms with van der Waals surface area (Å²) in [5.41, 5.74) is 1.13. The van der Waals surface area contributed by atoms with Crippen LogP contribution in [-0.4, -0.2) is 41.7 Å². The Hall–Kier alpha value is -1.10. The summed E-state index contributed by atoms with van der Waals surface area (Å²) in [7, 11) is 1.81. The summed E-state index contributed by atoms with van der Waals surface area (Å²) in [6.45, 7) is 5.82. The lowest BCUT2D eigenvalue weighted by Gasteiger charge is -2.33. The van der Waals surface area contributed by atoms with Gasteiger partial charge in [-0.25, -0.2) is 0 Å². The zero-order valence-corrected chi connectivity index (χ0v) is 12.6. The number of carbonyl (C=O) groups is 1. The second kappa shape index (κ2) is 6.37. The van der Waals surface area contributed by atoms with Gasteiger partial charge in [-0.2, -0.15) is 0 Å². The van der Waals surface area contributed by atoms with Crippen LogP contribution in [0.5, 0.6) is 0 Å². The van der Waals surface area contributed by atoms with Gasteiger partial charge in [0, 0.05) is 16.2 Å². The van der Waals surface area contributed by atoms with Crippen molar-refractivity contribution in [2.45, 2.75) is 26.3 Å². The van der Waals surface area contributed by atoms with E-state index in [2.05, 4.69) is 5.32 Å². The van der Waals surface area contributed by atoms with Crippen molar-refractivity contribution in [2.24, 2.45) is 0 Å². The van der Waals surface area contributed by atoms with Crippen LogP contribution >= 0.6 is 11.6 Å². The third-order valence-corrected chi connectivity index (χ3v) is 3.75. The molecule has 1 aromatic carbocycles. The van der Waals surface area contributed by atoms with Crippen LogP contribution in [0.2, 0.25) is 5.02 Å². The van der Waals surface area contributed by atoms with Crippen molar-refractivity contribution in [2.75, 3.05) is 25.5 Å². The van der Waals surface area contributed by atoms with Gasteiger partial charge in [0.15, 0.2) is 0 Å². The molecule has 0 fully saturated rings. The molecule has 0 unspecified atom stereocenters. The van der Waals surface area contributed by atoms with Crippen LogP contribution in [0.15, 0.2) is 18.2 Å². The molecule has 1 rings (SSSR count). The maximum Gasteiger partial charge on any atom is 0.238 e. The van der Waals surface area contributed by atoms with E-state index in [1.807, 2.05) is 31.7 Å². The number of nitrogens with zero attached hydrogens (tertiary/aromatic N) is 1. The molecule has 0 aliphatic rings. The molecular formula is C14H21ClN2O2. The van der Waals surface area contributed by atoms with Crippen molar-refractivity contribution in [1.29, 1.82) is 0 Å². The number of benzene rings is 1. The summed E-state index contributed by atoms with van der Waals surface area (Å²) in [6, 6.07) is 5.40. The maximum absolute atomic E-state index is 12.0. The zero-order chi connectivity index (χ0) is 14.6. The predicted octanol–water partition coefficient (Wildman–Crippen LogP) is 2.29. The van der Waals surface area contributed by atoms with Gasteiger partial charge < -0.3 is 10.4 Å². The van der Waals surface area contributed by atoms with Gasteiger partial charge in [0.2, 0.25) is 5.91 Å². The molecule has 106 valence electrons. The normalized spacial score (nSPS) is 11.7. The maximum atomic E-state index is 12.0. The van der Waals surface area contributed by atoms with Gasteiger partial charge >= 0.3 is 0 Å². The Morgan fingerprint density at radius 3 is 2.68 bits per heavy atom. The van der Waals surface area contributed by atoms with Crippen LogP contribution in [0.3, 0.4) is 0 Å². The largest absolute Gasteiger partial charge is 0.394 e. The Bertz CT molecular complexity index is 461. The summed E-state index contributed by atoms with van der Waals surface area (Å²) in [4.78, 5) is 13.8. The average molecular weight is 285 g/mol. The van der Waals surface area contributed by atoms with E-state index in [1.54, 1.807) is 19.2 Å². The minimum absolute atomic E-state index is 0.00697. The predicted molar refractivity (Wildman–Crippen MR) is 78.6 cm³/mol. The molecule has 0 aliphatic heterocycles. The van der Waals surface area contributed by atoms with Gasteiger partial charge in [-0.15, -0.1) is 0 Å². The number of anilines is 1. The van der Waals surface area contributed by atoms with E-state index in [-0.39, 0.29) is 19.1 Å². The first-order valence-corrected chi connectivity index (χ1v) is 6.53. The van der Waals surface area contributed by atoms with Gasteiger partial charge in [0.05, 0.1) is 13.2 Å². The molecule has 0 spiro atoms. The molecule has 0 saturated heterocycles. The number of halogens is 1. The Labute approximate surface area is 119 Å². The number of nitrogens with one attached hydrogen (secondary N) is 1. The topological polar surface area (TPSA) is 52.6 Å². The van der Waals surface area contributed by atoms with Crippen LogP contribution in [-0.2, 0) is 4.79 Å². The fraction of sp³-hybridized carbons (Fsp3) is 0.500. The number of rotatable bonds is 5. The molecule has 0 bridgehead atoms. The van der Waals surface area contributed by atoms with E-state index in [0.717, 1.165) is 5.56 Å². The highest BCUT2D eigenvalue weighted by Crippen LogP contribution is 2.23. The third-order valence-electron chi connectivity index (χ3n) is 3.34. The number of hydrogen-bond donors (Lipinski definition) is 2. The number of amides is 1. The van der Waals surface area contributed by atoms with Crippen molar-refractivity contribution in [3.05, 3.63) is 28.8 Å². The van der Waals surface area contributed by atoms with Gasteiger partial charge in [-0.1, -0.05) is 17.7 Å². The first-order chi connectivity index (χ1) is 8.77. The molecule has 0 radical (unpaired) electrons. The third kappa shape index (κ3) is 4.20. The van der Waals surface area contributed by atoms with E-state index < -0.39 is 5.54 Å². The van der Waals surface area contributed by atoms with Gasteiger partial charge in [-0.3, -0.25) is 9.69 Å². The second-order valence-corrected chi connectivity index (χ2v) is 5.69. The highest BCUT2D eigenvalue weighted by Gasteiger charge is 2.24. The van der Waals surface area contributed by atoms with E-state index >= 15 is 0 Å². The molecule has 5 heteroatoms. The fourth-order valence-corrected chi connectivity index (χ4v) is 1.66. The first kappa shape index (κ1) is 16.0. The van der Waals surface area contributed by atoms with Crippen molar-refractivity contribution < 1.29 is 9.90 Å². The molecule has 1 amide bonds. The molecular weight excluding hydrogens is 264 g/mol. The van der Waals surface area contributed by atoms with Gasteiger partial charge in [-0.05, 0) is 45.5 Å². The number of aliphatic hydroxyl groups is 1. The Kier molecular flexibility index (Phi) is 5.35. The summed E-state index contributed by atoms with van der Waals surface area (Å²) < 4.78 is 0. The van der Waals surface area contributed by atoms with Crippen molar-refractivity contribution in [3.8, 4) is 0 Å². The molecule has 1 aromatic rings. The van der Waals surface area contributed by atoms with Gasteiger partial charge in [0.1, 0.15) is 0 Å². The quantitative estimate of drug-likeness (QED) is 0.872. The summed E-state index contributed by atoms with van der Waals surface area (Å²) in [6.07, 6.45) is 0. The van der Waals surface area contributed by atoms with Crippen LogP contribution in [0, 0.1) is 6.92 Å². The molecule has 0 aromatic heterocycles. The zero-order valence-electron chi connectivity index (χ0n) is 11.8. The Morgan fingerprint density at radius 2 is 2.11 bits per heavy atom. The smallest absolute Gasteiger partial charge is 0.238 e. The van der Waals surface area contributed by atoms with Crippen LogP contribution < -0.4 is 5.32 Å². The SMILES string of the molecule is Cc1c(Cl)cccc1NC(=O)CN(C)C(C)(C)CO. The number of hydrogen-bond acceptors (Lipinski definition) is 3. The molecule has 0 saturated carbocycles. The minimum atomic E-state index is -0.430. The van der Waals surface area contributed by atoms with E-state index in [4.69, 9.17) is 11.6 Å². The Balaban J connectivity index is 2.68. The lowest BCUT2D eigenvalue weighted by Crippen LogP contribution is -2.47. The molecule has 0 atom stereocenters. The lowest BCUT2D eigenvalue weighted by molar-refractivity contribution is -0.118. The van der Waals surface area contributed by atoms with Gasteiger partial charge in [0.25, 0.3) is 0 Å². The summed E-state index contributed by atoms with van der Waals surface area (Å²) in [5.74, 6) is -0.130. The second-order valence-electron chi connectivity index (χ2n) is 5.29. The Morgan fingerprint density at radius 1 is 1.47 bits per heavy atom. The molecule has 4 nitrogen and oxygen atoms in total. The minimum Gasteiger partial charge on any atom is -0.394 e. The molecule has 0 aliphatic carbocycles.